The maximum absolute atomic E-state index is 13.4. The number of nitrogens with one attached hydrogen (secondary N) is 1. The van der Waals surface area contributed by atoms with Crippen molar-refractivity contribution >= 4 is 39.2 Å². The summed E-state index contributed by atoms with van der Waals surface area (Å²) >= 11 is 0.875. The lowest BCUT2D eigenvalue weighted by atomic mass is 9.98. The molecule has 1 aliphatic carbocycles. The highest BCUT2D eigenvalue weighted by molar-refractivity contribution is 7.19. The number of anilines is 2. The van der Waals surface area contributed by atoms with Crippen LogP contribution in [-0.2, 0) is 4.74 Å². The minimum atomic E-state index is -0.653. The van der Waals surface area contributed by atoms with Crippen molar-refractivity contribution in [1.29, 1.82) is 0 Å². The topological polar surface area (TPSA) is 115 Å². The van der Waals surface area contributed by atoms with E-state index in [1.807, 2.05) is 64.1 Å². The van der Waals surface area contributed by atoms with Gasteiger partial charge in [0.2, 0.25) is 0 Å². The van der Waals surface area contributed by atoms with Crippen molar-refractivity contribution in [3.05, 3.63) is 69.9 Å². The molecular weight excluding hydrogens is 504 g/mol. The third-order valence-corrected chi connectivity index (χ3v) is 6.92. The van der Waals surface area contributed by atoms with E-state index >= 15 is 0 Å². The van der Waals surface area contributed by atoms with E-state index in [-0.39, 0.29) is 16.1 Å². The first-order valence-electron chi connectivity index (χ1n) is 12.7. The van der Waals surface area contributed by atoms with E-state index in [2.05, 4.69) is 10.3 Å². The molecule has 0 saturated heterocycles. The molecule has 38 heavy (non-hydrogen) atoms. The predicted molar refractivity (Wildman–Crippen MR) is 149 cm³/mol. The number of thiazole rings is 1. The summed E-state index contributed by atoms with van der Waals surface area (Å²) in [5, 5.41) is 14.4. The fourth-order valence-electron chi connectivity index (χ4n) is 4.01. The fourth-order valence-corrected chi connectivity index (χ4v) is 4.87. The van der Waals surface area contributed by atoms with E-state index in [9.17, 15) is 19.7 Å². The maximum Gasteiger partial charge on any atom is 0.414 e. The number of hydrogen-bond acceptors (Lipinski definition) is 7. The minimum Gasteiger partial charge on any atom is -0.443 e. The third-order valence-electron chi connectivity index (χ3n) is 5.98. The molecule has 1 aliphatic rings. The molecule has 1 saturated carbocycles. The first-order valence-corrected chi connectivity index (χ1v) is 13.6. The van der Waals surface area contributed by atoms with Crippen LogP contribution in [0.1, 0.15) is 75.3 Å². The number of hydrogen-bond donors (Lipinski definition) is 1. The highest BCUT2D eigenvalue weighted by Gasteiger charge is 2.35. The largest absolute Gasteiger partial charge is 0.443 e. The van der Waals surface area contributed by atoms with Crippen LogP contribution in [-0.4, -0.2) is 34.1 Å². The van der Waals surface area contributed by atoms with Gasteiger partial charge in [-0.1, -0.05) is 43.7 Å². The Morgan fingerprint density at radius 1 is 1.18 bits per heavy atom. The average molecular weight is 537 g/mol. The fraction of sp³-hybridized carbons (Fsp3) is 0.393. The molecule has 1 N–H and O–H groups in total. The van der Waals surface area contributed by atoms with Gasteiger partial charge in [-0.05, 0) is 80.7 Å². The normalized spacial score (nSPS) is 13.2. The van der Waals surface area contributed by atoms with Gasteiger partial charge in [-0.2, -0.15) is 0 Å². The van der Waals surface area contributed by atoms with Crippen molar-refractivity contribution in [2.45, 2.75) is 64.9 Å². The zero-order chi connectivity index (χ0) is 27.4. The van der Waals surface area contributed by atoms with E-state index in [1.165, 1.54) is 0 Å². The summed E-state index contributed by atoms with van der Waals surface area (Å²) in [6, 6.07) is 14.6. The molecule has 0 bridgehead atoms. The van der Waals surface area contributed by atoms with Crippen LogP contribution in [0.15, 0.2) is 48.5 Å². The maximum atomic E-state index is 13.4. The Kier molecular flexibility index (Phi) is 8.11. The van der Waals surface area contributed by atoms with Crippen LogP contribution < -0.4 is 10.2 Å². The molecule has 1 fully saturated rings. The number of rotatable bonds is 9. The number of nitro groups is 1. The second-order valence-electron chi connectivity index (χ2n) is 10.3. The average Bonchev–Trinajstić information content (AvgIpc) is 3.63. The van der Waals surface area contributed by atoms with E-state index in [0.717, 1.165) is 42.6 Å². The quantitative estimate of drug-likeness (QED) is 0.225. The van der Waals surface area contributed by atoms with Gasteiger partial charge in [0, 0.05) is 23.7 Å². The number of benzene rings is 2. The third kappa shape index (κ3) is 6.55. The SMILES string of the molecule is CCCCN(C(=O)OC(C)(C)C)c1ccc(C(=O)Nc2nc(C3CC3)c([N+](=O)[O-])s2)c(-c2ccccc2)c1. The van der Waals surface area contributed by atoms with Crippen molar-refractivity contribution < 1.29 is 19.2 Å². The Hall–Kier alpha value is -3.79. The number of nitrogens with zero attached hydrogens (tertiary/aromatic N) is 3. The van der Waals surface area contributed by atoms with Gasteiger partial charge in [0.25, 0.3) is 5.91 Å². The standard InChI is InChI=1S/C28H32N4O5S/c1-5-6-16-31(27(34)37-28(2,3)4)20-14-15-21(22(17-20)18-10-8-7-9-11-18)24(33)30-26-29-23(19-12-13-19)25(38-26)32(35)36/h7-11,14-15,17,19H,5-6,12-13,16H2,1-4H3,(H,29,30,33). The lowest BCUT2D eigenvalue weighted by Crippen LogP contribution is -2.37. The summed E-state index contributed by atoms with van der Waals surface area (Å²) in [5.41, 5.74) is 2.19. The van der Waals surface area contributed by atoms with Crippen molar-refractivity contribution in [2.24, 2.45) is 0 Å². The van der Waals surface area contributed by atoms with Crippen molar-refractivity contribution in [1.82, 2.24) is 4.98 Å². The number of ether oxygens (including phenoxy) is 1. The van der Waals surface area contributed by atoms with Crippen LogP contribution in [0.2, 0.25) is 0 Å². The molecule has 2 amide bonds. The highest BCUT2D eigenvalue weighted by atomic mass is 32.1. The van der Waals surface area contributed by atoms with Crippen molar-refractivity contribution in [3.63, 3.8) is 0 Å². The second-order valence-corrected chi connectivity index (χ2v) is 11.3. The molecule has 200 valence electrons. The van der Waals surface area contributed by atoms with Gasteiger partial charge in [0.1, 0.15) is 11.3 Å². The van der Waals surface area contributed by atoms with Gasteiger partial charge < -0.3 is 4.74 Å². The molecule has 0 spiro atoms. The Bertz CT molecular complexity index is 1330. The Labute approximate surface area is 226 Å². The number of carbonyl (C=O) groups excluding carboxylic acids is 2. The van der Waals surface area contributed by atoms with Crippen LogP contribution in [0, 0.1) is 10.1 Å². The van der Waals surface area contributed by atoms with Gasteiger partial charge in [0.15, 0.2) is 5.13 Å². The summed E-state index contributed by atoms with van der Waals surface area (Å²) in [6.45, 7) is 7.99. The number of carbonyl (C=O) groups is 2. The van der Waals surface area contributed by atoms with Crippen LogP contribution in [0.5, 0.6) is 0 Å². The van der Waals surface area contributed by atoms with E-state index in [0.29, 0.717) is 29.1 Å². The highest BCUT2D eigenvalue weighted by Crippen LogP contribution is 2.47. The number of amides is 2. The second kappa shape index (κ2) is 11.3. The molecule has 4 rings (SSSR count). The summed E-state index contributed by atoms with van der Waals surface area (Å²) in [5.74, 6) is -0.350. The molecule has 0 atom stereocenters. The Balaban J connectivity index is 1.70. The van der Waals surface area contributed by atoms with Crippen LogP contribution in [0.4, 0.5) is 20.6 Å². The lowest BCUT2D eigenvalue weighted by Gasteiger charge is -2.28. The van der Waals surface area contributed by atoms with Crippen LogP contribution in [0.3, 0.4) is 0 Å². The Morgan fingerprint density at radius 3 is 2.50 bits per heavy atom. The molecule has 10 heteroatoms. The lowest BCUT2D eigenvalue weighted by molar-refractivity contribution is -0.381. The van der Waals surface area contributed by atoms with Crippen molar-refractivity contribution in [2.75, 3.05) is 16.8 Å². The van der Waals surface area contributed by atoms with Gasteiger partial charge >= 0.3 is 11.1 Å². The number of aromatic nitrogens is 1. The van der Waals surface area contributed by atoms with Gasteiger partial charge in [-0.25, -0.2) is 9.78 Å². The van der Waals surface area contributed by atoms with E-state index in [4.69, 9.17) is 4.74 Å². The van der Waals surface area contributed by atoms with Crippen molar-refractivity contribution in [3.8, 4) is 11.1 Å². The molecule has 1 aromatic heterocycles. The molecule has 9 nitrogen and oxygen atoms in total. The monoisotopic (exact) mass is 536 g/mol. The van der Waals surface area contributed by atoms with Gasteiger partial charge in [-0.3, -0.25) is 25.1 Å². The molecule has 3 aromatic rings. The summed E-state index contributed by atoms with van der Waals surface area (Å²) in [7, 11) is 0. The van der Waals surface area contributed by atoms with Gasteiger partial charge in [0.05, 0.1) is 4.92 Å². The Morgan fingerprint density at radius 2 is 1.89 bits per heavy atom. The first kappa shape index (κ1) is 27.3. The summed E-state index contributed by atoms with van der Waals surface area (Å²) in [6.07, 6.45) is 2.96. The smallest absolute Gasteiger partial charge is 0.414 e. The molecule has 0 radical (unpaired) electrons. The zero-order valence-corrected chi connectivity index (χ0v) is 22.8. The van der Waals surface area contributed by atoms with Gasteiger partial charge in [-0.15, -0.1) is 0 Å². The predicted octanol–water partition coefficient (Wildman–Crippen LogP) is 7.39. The molecule has 2 aromatic carbocycles. The summed E-state index contributed by atoms with van der Waals surface area (Å²) in [4.78, 5) is 43.6. The number of unbranched alkanes of at least 4 members (excludes halogenated alkanes) is 1. The zero-order valence-electron chi connectivity index (χ0n) is 22.0. The van der Waals surface area contributed by atoms with E-state index in [1.54, 1.807) is 17.0 Å². The molecular formula is C28H32N4O5S. The van der Waals surface area contributed by atoms with Crippen LogP contribution in [0.25, 0.3) is 11.1 Å². The molecule has 1 heterocycles. The minimum absolute atomic E-state index is 0.0228. The van der Waals surface area contributed by atoms with E-state index < -0.39 is 22.5 Å². The summed E-state index contributed by atoms with van der Waals surface area (Å²) < 4.78 is 5.66. The van der Waals surface area contributed by atoms with Crippen LogP contribution >= 0.6 is 11.3 Å². The molecule has 0 unspecified atom stereocenters. The first-order chi connectivity index (χ1) is 18.1. The molecule has 0 aliphatic heterocycles.